The third-order valence-corrected chi connectivity index (χ3v) is 2.95. The van der Waals surface area contributed by atoms with E-state index in [9.17, 15) is 19.1 Å². The molecule has 0 fully saturated rings. The number of aliphatic carboxylic acids is 1. The first-order valence-electron chi connectivity index (χ1n) is 7.15. The van der Waals surface area contributed by atoms with Gasteiger partial charge >= 0.3 is 5.97 Å². The Kier molecular flexibility index (Phi) is 6.50. The number of methoxy groups -OCH3 is 1. The standard InChI is InChI=1S/C16H22FNO5/c1-16(2,3)23-8-7-12(15(20)21)18-14(19)11-9-10(17)5-6-13(11)22-4/h5-6,9,12H,7-8H2,1-4H3,(H,18,19)(H,20,21). The summed E-state index contributed by atoms with van der Waals surface area (Å²) in [5.74, 6) is -2.35. The molecule has 0 aliphatic carbocycles. The molecule has 7 heteroatoms. The molecule has 1 rings (SSSR count). The highest BCUT2D eigenvalue weighted by Gasteiger charge is 2.23. The molecule has 0 bridgehead atoms. The Morgan fingerprint density at radius 1 is 1.35 bits per heavy atom. The zero-order valence-corrected chi connectivity index (χ0v) is 13.7. The lowest BCUT2D eigenvalue weighted by Gasteiger charge is -2.21. The van der Waals surface area contributed by atoms with E-state index in [4.69, 9.17) is 9.47 Å². The van der Waals surface area contributed by atoms with Crippen molar-refractivity contribution in [3.05, 3.63) is 29.6 Å². The van der Waals surface area contributed by atoms with Crippen molar-refractivity contribution < 1.29 is 28.6 Å². The maximum Gasteiger partial charge on any atom is 0.326 e. The zero-order chi connectivity index (χ0) is 17.6. The van der Waals surface area contributed by atoms with Gasteiger partial charge in [0.05, 0.1) is 18.3 Å². The Morgan fingerprint density at radius 3 is 2.52 bits per heavy atom. The van der Waals surface area contributed by atoms with Crippen molar-refractivity contribution in [1.29, 1.82) is 0 Å². The van der Waals surface area contributed by atoms with Crippen LogP contribution < -0.4 is 10.1 Å². The van der Waals surface area contributed by atoms with Crippen molar-refractivity contribution in [3.8, 4) is 5.75 Å². The fourth-order valence-electron chi connectivity index (χ4n) is 1.83. The van der Waals surface area contributed by atoms with E-state index < -0.39 is 29.3 Å². The second kappa shape index (κ2) is 7.92. The summed E-state index contributed by atoms with van der Waals surface area (Å²) in [6.45, 7) is 5.71. The van der Waals surface area contributed by atoms with Gasteiger partial charge in [0.2, 0.25) is 0 Å². The third kappa shape index (κ3) is 6.23. The predicted octanol–water partition coefficient (Wildman–Crippen LogP) is 2.22. The van der Waals surface area contributed by atoms with Gasteiger partial charge in [0.15, 0.2) is 0 Å². The van der Waals surface area contributed by atoms with Gasteiger partial charge in [-0.3, -0.25) is 4.79 Å². The number of amides is 1. The van der Waals surface area contributed by atoms with Crippen LogP contribution >= 0.6 is 0 Å². The van der Waals surface area contributed by atoms with Gasteiger partial charge in [-0.05, 0) is 39.0 Å². The first-order chi connectivity index (χ1) is 10.6. The van der Waals surface area contributed by atoms with E-state index in [1.54, 1.807) is 0 Å². The number of nitrogens with one attached hydrogen (secondary N) is 1. The summed E-state index contributed by atoms with van der Waals surface area (Å²) in [5.41, 5.74) is -0.464. The molecule has 1 aromatic rings. The van der Waals surface area contributed by atoms with Crippen LogP contribution in [0, 0.1) is 5.82 Å². The van der Waals surface area contributed by atoms with Gasteiger partial charge in [-0.2, -0.15) is 0 Å². The molecule has 0 heterocycles. The summed E-state index contributed by atoms with van der Waals surface area (Å²) in [4.78, 5) is 23.5. The van der Waals surface area contributed by atoms with Crippen LogP contribution in [-0.4, -0.2) is 42.3 Å². The molecule has 6 nitrogen and oxygen atoms in total. The normalized spacial score (nSPS) is 12.6. The first kappa shape index (κ1) is 18.9. The summed E-state index contributed by atoms with van der Waals surface area (Å²) in [5, 5.41) is 11.6. The molecular weight excluding hydrogens is 305 g/mol. The highest BCUT2D eigenvalue weighted by atomic mass is 19.1. The molecule has 0 spiro atoms. The van der Waals surface area contributed by atoms with Crippen molar-refractivity contribution in [2.75, 3.05) is 13.7 Å². The molecular formula is C16H22FNO5. The summed E-state index contributed by atoms with van der Waals surface area (Å²) in [6.07, 6.45) is 0.0932. The molecule has 0 saturated carbocycles. The molecule has 0 saturated heterocycles. The molecule has 128 valence electrons. The van der Waals surface area contributed by atoms with Crippen LogP contribution in [-0.2, 0) is 9.53 Å². The maximum absolute atomic E-state index is 13.3. The quantitative estimate of drug-likeness (QED) is 0.802. The average molecular weight is 327 g/mol. The van der Waals surface area contributed by atoms with E-state index in [2.05, 4.69) is 5.32 Å². The van der Waals surface area contributed by atoms with Crippen LogP contribution in [0.2, 0.25) is 0 Å². The molecule has 1 aromatic carbocycles. The second-order valence-corrected chi connectivity index (χ2v) is 5.96. The highest BCUT2D eigenvalue weighted by molar-refractivity contribution is 5.98. The Hall–Kier alpha value is -2.15. The fourth-order valence-corrected chi connectivity index (χ4v) is 1.83. The van der Waals surface area contributed by atoms with Crippen LogP contribution in [0.25, 0.3) is 0 Å². The van der Waals surface area contributed by atoms with Gasteiger partial charge in [-0.1, -0.05) is 0 Å². The Bertz CT molecular complexity index is 568. The third-order valence-electron chi connectivity index (χ3n) is 2.95. The van der Waals surface area contributed by atoms with Crippen molar-refractivity contribution in [1.82, 2.24) is 5.32 Å². The summed E-state index contributed by atoms with van der Waals surface area (Å²) in [6, 6.07) is 2.32. The van der Waals surface area contributed by atoms with Crippen molar-refractivity contribution >= 4 is 11.9 Å². The van der Waals surface area contributed by atoms with Crippen LogP contribution in [0.5, 0.6) is 5.75 Å². The van der Waals surface area contributed by atoms with Crippen LogP contribution in [0.15, 0.2) is 18.2 Å². The van der Waals surface area contributed by atoms with E-state index >= 15 is 0 Å². The van der Waals surface area contributed by atoms with Gasteiger partial charge < -0.3 is 19.9 Å². The minimum absolute atomic E-state index is 0.0597. The van der Waals surface area contributed by atoms with Gasteiger partial charge in [0.1, 0.15) is 17.6 Å². The number of benzene rings is 1. The number of carboxylic acid groups (broad SMARTS) is 1. The van der Waals surface area contributed by atoms with Gasteiger partial charge in [0.25, 0.3) is 5.91 Å². The number of carboxylic acids is 1. The van der Waals surface area contributed by atoms with Crippen LogP contribution in [0.1, 0.15) is 37.6 Å². The molecule has 0 aliphatic heterocycles. The monoisotopic (exact) mass is 327 g/mol. The number of hydrogen-bond acceptors (Lipinski definition) is 4. The number of ether oxygens (including phenoxy) is 2. The second-order valence-electron chi connectivity index (χ2n) is 5.96. The Balaban J connectivity index is 2.78. The molecule has 1 atom stereocenters. The summed E-state index contributed by atoms with van der Waals surface area (Å²) in [7, 11) is 1.34. The van der Waals surface area contributed by atoms with E-state index in [0.29, 0.717) is 0 Å². The van der Waals surface area contributed by atoms with Gasteiger partial charge in [0, 0.05) is 13.0 Å². The molecule has 1 unspecified atom stereocenters. The minimum atomic E-state index is -1.19. The Morgan fingerprint density at radius 2 is 2.00 bits per heavy atom. The molecule has 0 aromatic heterocycles. The number of carbonyl (C=O) groups is 2. The molecule has 23 heavy (non-hydrogen) atoms. The molecule has 0 radical (unpaired) electrons. The first-order valence-corrected chi connectivity index (χ1v) is 7.15. The number of hydrogen-bond donors (Lipinski definition) is 2. The lowest BCUT2D eigenvalue weighted by atomic mass is 10.1. The topological polar surface area (TPSA) is 84.9 Å². The van der Waals surface area contributed by atoms with E-state index in [1.165, 1.54) is 13.2 Å². The largest absolute Gasteiger partial charge is 0.496 e. The van der Waals surface area contributed by atoms with Crippen molar-refractivity contribution in [2.45, 2.75) is 38.8 Å². The number of carbonyl (C=O) groups excluding carboxylic acids is 1. The van der Waals surface area contributed by atoms with E-state index in [-0.39, 0.29) is 24.3 Å². The van der Waals surface area contributed by atoms with E-state index in [0.717, 1.165) is 12.1 Å². The molecule has 1 amide bonds. The number of halogens is 1. The zero-order valence-electron chi connectivity index (χ0n) is 13.7. The maximum atomic E-state index is 13.3. The van der Waals surface area contributed by atoms with Crippen LogP contribution in [0.3, 0.4) is 0 Å². The minimum Gasteiger partial charge on any atom is -0.496 e. The smallest absolute Gasteiger partial charge is 0.326 e. The Labute approximate surface area is 134 Å². The van der Waals surface area contributed by atoms with E-state index in [1.807, 2.05) is 20.8 Å². The molecule has 2 N–H and O–H groups in total. The van der Waals surface area contributed by atoms with Gasteiger partial charge in [-0.15, -0.1) is 0 Å². The summed E-state index contributed by atoms with van der Waals surface area (Å²) < 4.78 is 23.8. The highest BCUT2D eigenvalue weighted by Crippen LogP contribution is 2.19. The summed E-state index contributed by atoms with van der Waals surface area (Å²) >= 11 is 0. The van der Waals surface area contributed by atoms with Crippen molar-refractivity contribution in [2.24, 2.45) is 0 Å². The van der Waals surface area contributed by atoms with Crippen LogP contribution in [0.4, 0.5) is 4.39 Å². The lowest BCUT2D eigenvalue weighted by Crippen LogP contribution is -2.42. The SMILES string of the molecule is COc1ccc(F)cc1C(=O)NC(CCOC(C)(C)C)C(=O)O. The fraction of sp³-hybridized carbons (Fsp3) is 0.500. The predicted molar refractivity (Wildman–Crippen MR) is 82.2 cm³/mol. The van der Waals surface area contributed by atoms with Crippen molar-refractivity contribution in [3.63, 3.8) is 0 Å². The average Bonchev–Trinajstić information content (AvgIpc) is 2.44. The van der Waals surface area contributed by atoms with Gasteiger partial charge in [-0.25, -0.2) is 9.18 Å². The molecule has 0 aliphatic rings. The lowest BCUT2D eigenvalue weighted by molar-refractivity contribution is -0.140. The number of rotatable bonds is 7.